The zero-order chi connectivity index (χ0) is 7.56. The van der Waals surface area contributed by atoms with Gasteiger partial charge in [-0.1, -0.05) is 6.07 Å². The number of nitrogens with two attached hydrogens (primary N) is 2. The molecule has 0 aliphatic heterocycles. The molecule has 3 nitrogen and oxygen atoms in total. The summed E-state index contributed by atoms with van der Waals surface area (Å²) < 4.78 is 0. The van der Waals surface area contributed by atoms with E-state index in [9.17, 15) is 0 Å². The predicted molar refractivity (Wildman–Crippen MR) is 41.3 cm³/mol. The van der Waals surface area contributed by atoms with Crippen LogP contribution >= 0.6 is 0 Å². The number of pyridine rings is 1. The largest absolute Gasteiger partial charge is 0.383 e. The topological polar surface area (TPSA) is 64.9 Å². The third kappa shape index (κ3) is 1.25. The molecule has 4 N–H and O–H groups in total. The Labute approximate surface area is 60.1 Å². The van der Waals surface area contributed by atoms with Crippen LogP contribution in [0.15, 0.2) is 18.3 Å². The van der Waals surface area contributed by atoms with Gasteiger partial charge in [0.1, 0.15) is 5.82 Å². The van der Waals surface area contributed by atoms with Crippen molar-refractivity contribution in [1.82, 2.24) is 4.98 Å². The molecule has 0 aromatic carbocycles. The standard InChI is InChI=1S/C7H11N3/c1-5(8)6-3-2-4-10-7(6)9/h2-5H,8H2,1H3,(H2,9,10)/t5-/m1/s1. The number of aromatic nitrogens is 1. The molecule has 1 atom stereocenters. The van der Waals surface area contributed by atoms with Gasteiger partial charge in [-0.3, -0.25) is 0 Å². The minimum Gasteiger partial charge on any atom is -0.383 e. The first-order chi connectivity index (χ1) is 4.72. The van der Waals surface area contributed by atoms with Crippen molar-refractivity contribution in [1.29, 1.82) is 0 Å². The van der Waals surface area contributed by atoms with Gasteiger partial charge in [-0.15, -0.1) is 0 Å². The molecular formula is C7H11N3. The summed E-state index contributed by atoms with van der Waals surface area (Å²) in [5.41, 5.74) is 12.0. The monoisotopic (exact) mass is 137 g/mol. The number of hydrogen-bond donors (Lipinski definition) is 2. The van der Waals surface area contributed by atoms with E-state index in [1.165, 1.54) is 0 Å². The molecule has 0 spiro atoms. The second-order valence-electron chi connectivity index (χ2n) is 2.27. The Morgan fingerprint density at radius 1 is 1.60 bits per heavy atom. The van der Waals surface area contributed by atoms with Crippen LogP contribution in [0.5, 0.6) is 0 Å². The van der Waals surface area contributed by atoms with Gasteiger partial charge >= 0.3 is 0 Å². The maximum atomic E-state index is 5.59. The van der Waals surface area contributed by atoms with Crippen LogP contribution in [0.4, 0.5) is 5.82 Å². The highest BCUT2D eigenvalue weighted by Gasteiger charge is 2.01. The molecule has 0 aliphatic carbocycles. The number of nitrogens with zero attached hydrogens (tertiary/aromatic N) is 1. The third-order valence-electron chi connectivity index (χ3n) is 1.36. The molecule has 1 heterocycles. The summed E-state index contributed by atoms with van der Waals surface area (Å²) in [6, 6.07) is 3.68. The lowest BCUT2D eigenvalue weighted by atomic mass is 10.1. The molecule has 0 fully saturated rings. The molecule has 1 rings (SSSR count). The lowest BCUT2D eigenvalue weighted by Gasteiger charge is -2.06. The molecule has 0 bridgehead atoms. The Morgan fingerprint density at radius 3 is 2.70 bits per heavy atom. The van der Waals surface area contributed by atoms with Gasteiger partial charge in [0.15, 0.2) is 0 Å². The summed E-state index contributed by atoms with van der Waals surface area (Å²) in [7, 11) is 0. The van der Waals surface area contributed by atoms with Crippen molar-refractivity contribution in [2.24, 2.45) is 5.73 Å². The summed E-state index contributed by atoms with van der Waals surface area (Å²) in [5.74, 6) is 0.525. The Morgan fingerprint density at radius 2 is 2.30 bits per heavy atom. The summed E-state index contributed by atoms with van der Waals surface area (Å²) in [5, 5.41) is 0. The zero-order valence-electron chi connectivity index (χ0n) is 5.91. The highest BCUT2D eigenvalue weighted by atomic mass is 14.8. The molecular weight excluding hydrogens is 126 g/mol. The SMILES string of the molecule is C[C@@H](N)c1cccnc1N. The number of anilines is 1. The number of hydrogen-bond acceptors (Lipinski definition) is 3. The fourth-order valence-corrected chi connectivity index (χ4v) is 0.815. The number of nitrogen functional groups attached to an aromatic ring is 1. The maximum Gasteiger partial charge on any atom is 0.128 e. The van der Waals surface area contributed by atoms with Gasteiger partial charge < -0.3 is 11.5 Å². The first kappa shape index (κ1) is 7.02. The number of rotatable bonds is 1. The fourth-order valence-electron chi connectivity index (χ4n) is 0.815. The minimum absolute atomic E-state index is 0.0336. The average Bonchev–Trinajstić information content (AvgIpc) is 1.88. The average molecular weight is 137 g/mol. The van der Waals surface area contributed by atoms with E-state index in [4.69, 9.17) is 11.5 Å². The smallest absolute Gasteiger partial charge is 0.128 e. The van der Waals surface area contributed by atoms with E-state index in [0.29, 0.717) is 5.82 Å². The predicted octanol–water partition coefficient (Wildman–Crippen LogP) is 0.684. The van der Waals surface area contributed by atoms with E-state index in [-0.39, 0.29) is 6.04 Å². The normalized spacial score (nSPS) is 13.0. The van der Waals surface area contributed by atoms with Crippen LogP contribution in [-0.2, 0) is 0 Å². The van der Waals surface area contributed by atoms with E-state index in [1.54, 1.807) is 6.20 Å². The van der Waals surface area contributed by atoms with Crippen LogP contribution in [0.2, 0.25) is 0 Å². The van der Waals surface area contributed by atoms with Gasteiger partial charge in [-0.25, -0.2) is 4.98 Å². The Hall–Kier alpha value is -1.09. The molecule has 0 saturated heterocycles. The van der Waals surface area contributed by atoms with Crippen molar-refractivity contribution in [2.45, 2.75) is 13.0 Å². The van der Waals surface area contributed by atoms with Gasteiger partial charge in [0, 0.05) is 17.8 Å². The third-order valence-corrected chi connectivity index (χ3v) is 1.36. The lowest BCUT2D eigenvalue weighted by Crippen LogP contribution is -2.08. The van der Waals surface area contributed by atoms with Crippen LogP contribution in [-0.4, -0.2) is 4.98 Å². The molecule has 1 aromatic heterocycles. The van der Waals surface area contributed by atoms with Gasteiger partial charge in [0.2, 0.25) is 0 Å². The Kier molecular flexibility index (Phi) is 1.87. The maximum absolute atomic E-state index is 5.59. The van der Waals surface area contributed by atoms with Crippen LogP contribution < -0.4 is 11.5 Å². The molecule has 0 saturated carbocycles. The van der Waals surface area contributed by atoms with Gasteiger partial charge in [0.25, 0.3) is 0 Å². The van der Waals surface area contributed by atoms with Crippen LogP contribution in [0.25, 0.3) is 0 Å². The Bertz CT molecular complexity index is 220. The fraction of sp³-hybridized carbons (Fsp3) is 0.286. The molecule has 1 aromatic rings. The van der Waals surface area contributed by atoms with E-state index in [2.05, 4.69) is 4.98 Å². The highest BCUT2D eigenvalue weighted by molar-refractivity contribution is 5.40. The van der Waals surface area contributed by atoms with Gasteiger partial charge in [-0.05, 0) is 13.0 Å². The first-order valence-electron chi connectivity index (χ1n) is 3.18. The van der Waals surface area contributed by atoms with Crippen molar-refractivity contribution >= 4 is 5.82 Å². The summed E-state index contributed by atoms with van der Waals surface area (Å²) in [4.78, 5) is 3.90. The van der Waals surface area contributed by atoms with Crippen molar-refractivity contribution in [3.05, 3.63) is 23.9 Å². The van der Waals surface area contributed by atoms with E-state index in [1.807, 2.05) is 19.1 Å². The summed E-state index contributed by atoms with van der Waals surface area (Å²) >= 11 is 0. The van der Waals surface area contributed by atoms with Crippen LogP contribution in [0, 0.1) is 0 Å². The molecule has 54 valence electrons. The van der Waals surface area contributed by atoms with Gasteiger partial charge in [0.05, 0.1) is 0 Å². The zero-order valence-corrected chi connectivity index (χ0v) is 5.91. The molecule has 0 aliphatic rings. The van der Waals surface area contributed by atoms with Crippen molar-refractivity contribution in [3.63, 3.8) is 0 Å². The highest BCUT2D eigenvalue weighted by Crippen LogP contribution is 2.13. The molecule has 0 unspecified atom stereocenters. The molecule has 10 heavy (non-hydrogen) atoms. The van der Waals surface area contributed by atoms with E-state index < -0.39 is 0 Å². The molecule has 0 radical (unpaired) electrons. The lowest BCUT2D eigenvalue weighted by molar-refractivity contribution is 0.816. The van der Waals surface area contributed by atoms with Crippen molar-refractivity contribution in [2.75, 3.05) is 5.73 Å². The van der Waals surface area contributed by atoms with E-state index >= 15 is 0 Å². The second kappa shape index (κ2) is 2.66. The molecule has 0 amide bonds. The van der Waals surface area contributed by atoms with Crippen LogP contribution in [0.1, 0.15) is 18.5 Å². The van der Waals surface area contributed by atoms with Crippen molar-refractivity contribution < 1.29 is 0 Å². The first-order valence-corrected chi connectivity index (χ1v) is 3.18. The quantitative estimate of drug-likeness (QED) is 0.598. The summed E-state index contributed by atoms with van der Waals surface area (Å²) in [6.45, 7) is 1.88. The Balaban J connectivity index is 3.03. The second-order valence-corrected chi connectivity index (χ2v) is 2.27. The van der Waals surface area contributed by atoms with Crippen molar-refractivity contribution in [3.8, 4) is 0 Å². The molecule has 3 heteroatoms. The van der Waals surface area contributed by atoms with Gasteiger partial charge in [-0.2, -0.15) is 0 Å². The summed E-state index contributed by atoms with van der Waals surface area (Å²) in [6.07, 6.45) is 1.65. The van der Waals surface area contributed by atoms with Crippen LogP contribution in [0.3, 0.4) is 0 Å². The van der Waals surface area contributed by atoms with E-state index in [0.717, 1.165) is 5.56 Å². The minimum atomic E-state index is -0.0336.